The lowest BCUT2D eigenvalue weighted by molar-refractivity contribution is -0.385. The Kier molecular flexibility index (Phi) is 6.53. The van der Waals surface area contributed by atoms with Gasteiger partial charge in [-0.25, -0.2) is 4.99 Å². The number of aliphatic imine (C=N–C) groups is 1. The van der Waals surface area contributed by atoms with Gasteiger partial charge in [0, 0.05) is 6.07 Å². The van der Waals surface area contributed by atoms with Gasteiger partial charge in [-0.15, -0.1) is 0 Å². The lowest BCUT2D eigenvalue weighted by Crippen LogP contribution is -2.32. The highest BCUT2D eigenvalue weighted by Gasteiger charge is 2.37. The van der Waals surface area contributed by atoms with Crippen LogP contribution in [-0.2, 0) is 4.79 Å². The largest absolute Gasteiger partial charge is 0.284 e. The van der Waals surface area contributed by atoms with Crippen LogP contribution in [0.5, 0.6) is 0 Å². The predicted octanol–water partition coefficient (Wildman–Crippen LogP) is 6.72. The van der Waals surface area contributed by atoms with Gasteiger partial charge in [0.25, 0.3) is 11.6 Å². The van der Waals surface area contributed by atoms with Gasteiger partial charge in [-0.2, -0.15) is 0 Å². The molecule has 0 saturated carbocycles. The van der Waals surface area contributed by atoms with Crippen LogP contribution in [0.2, 0.25) is 0 Å². The molecule has 1 heterocycles. The first kappa shape index (κ1) is 22.0. The molecule has 1 aliphatic rings. The molecule has 0 radical (unpaired) electrons. The van der Waals surface area contributed by atoms with Crippen molar-refractivity contribution in [3.8, 4) is 0 Å². The van der Waals surface area contributed by atoms with E-state index in [0.717, 1.165) is 11.3 Å². The van der Waals surface area contributed by atoms with Crippen molar-refractivity contribution in [3.05, 3.63) is 109 Å². The summed E-state index contributed by atoms with van der Waals surface area (Å²) < 4.78 is 0.390. The summed E-state index contributed by atoms with van der Waals surface area (Å²) in [5, 5.41) is 11.8. The Morgan fingerprint density at radius 1 is 1.06 bits per heavy atom. The number of amides is 1. The van der Waals surface area contributed by atoms with E-state index in [1.54, 1.807) is 23.1 Å². The summed E-state index contributed by atoms with van der Waals surface area (Å²) in [5.41, 5.74) is 2.25. The quantitative estimate of drug-likeness (QED) is 0.218. The molecule has 4 rings (SSSR count). The van der Waals surface area contributed by atoms with E-state index >= 15 is 0 Å². The molecule has 1 atom stereocenters. The van der Waals surface area contributed by atoms with Crippen LogP contribution in [0.1, 0.15) is 24.1 Å². The maximum atomic E-state index is 13.4. The van der Waals surface area contributed by atoms with Crippen molar-refractivity contribution in [3.63, 3.8) is 0 Å². The number of para-hydroxylation sites is 1. The molecule has 0 N–H and O–H groups in total. The van der Waals surface area contributed by atoms with E-state index in [4.69, 9.17) is 4.99 Å². The van der Waals surface area contributed by atoms with Gasteiger partial charge in [0.05, 0.1) is 26.0 Å². The Morgan fingerprint density at radius 2 is 1.72 bits per heavy atom. The molecule has 6 nitrogen and oxygen atoms in total. The number of nitro groups is 1. The summed E-state index contributed by atoms with van der Waals surface area (Å²) in [5.74, 6) is -0.188. The molecule has 1 saturated heterocycles. The lowest BCUT2D eigenvalue weighted by Gasteiger charge is -2.24. The number of benzene rings is 3. The van der Waals surface area contributed by atoms with E-state index in [1.807, 2.05) is 67.6 Å². The molecule has 3 aromatic carbocycles. The van der Waals surface area contributed by atoms with Gasteiger partial charge in [0.2, 0.25) is 0 Å². The Morgan fingerprint density at radius 3 is 2.38 bits per heavy atom. The van der Waals surface area contributed by atoms with Crippen LogP contribution in [0.3, 0.4) is 0 Å². The average Bonchev–Trinajstić information content (AvgIpc) is 3.10. The fraction of sp³-hybridized carbons (Fsp3) is 0.0833. The van der Waals surface area contributed by atoms with Gasteiger partial charge >= 0.3 is 0 Å². The van der Waals surface area contributed by atoms with Gasteiger partial charge in [0.1, 0.15) is 0 Å². The summed E-state index contributed by atoms with van der Waals surface area (Å²) in [7, 11) is 0. The lowest BCUT2D eigenvalue weighted by atomic mass is 10.1. The molecule has 0 spiro atoms. The van der Waals surface area contributed by atoms with Crippen LogP contribution >= 0.6 is 27.7 Å². The van der Waals surface area contributed by atoms with Crippen molar-refractivity contribution in [2.75, 3.05) is 0 Å². The van der Waals surface area contributed by atoms with Gasteiger partial charge < -0.3 is 0 Å². The second kappa shape index (κ2) is 9.50. The second-order valence-corrected chi connectivity index (χ2v) is 8.93. The first-order valence-corrected chi connectivity index (χ1v) is 11.4. The van der Waals surface area contributed by atoms with Crippen LogP contribution in [-0.4, -0.2) is 20.9 Å². The molecule has 0 aliphatic carbocycles. The number of hydrogen-bond donors (Lipinski definition) is 0. The Labute approximate surface area is 198 Å². The average molecular weight is 508 g/mol. The Bertz CT molecular complexity index is 1230. The fourth-order valence-electron chi connectivity index (χ4n) is 3.31. The monoisotopic (exact) mass is 507 g/mol. The van der Waals surface area contributed by atoms with Crippen molar-refractivity contribution >= 4 is 56.2 Å². The molecular formula is C24H18BrN3O3S. The SMILES string of the molecule is C[C@@H](c1ccccc1)N1C(=O)/C(=C\c2ccc(Br)c([N+](=O)[O-])c2)SC1=Nc1ccccc1. The molecule has 0 aromatic heterocycles. The molecule has 0 unspecified atom stereocenters. The summed E-state index contributed by atoms with van der Waals surface area (Å²) in [6.07, 6.45) is 1.67. The normalized spacial score (nSPS) is 17.2. The first-order valence-electron chi connectivity index (χ1n) is 9.80. The minimum absolute atomic E-state index is 0.0533. The molecule has 3 aromatic rings. The number of thioether (sulfide) groups is 1. The van der Waals surface area contributed by atoms with Crippen molar-refractivity contribution in [1.29, 1.82) is 0 Å². The minimum atomic E-state index is -0.457. The highest BCUT2D eigenvalue weighted by Crippen LogP contribution is 2.39. The molecule has 0 bridgehead atoms. The number of halogens is 1. The van der Waals surface area contributed by atoms with Gasteiger partial charge in [-0.05, 0) is 70.0 Å². The van der Waals surface area contributed by atoms with E-state index < -0.39 is 4.92 Å². The molecular weight excluding hydrogens is 490 g/mol. The summed E-state index contributed by atoms with van der Waals surface area (Å²) in [6.45, 7) is 1.96. The number of amidine groups is 1. The molecule has 8 heteroatoms. The molecule has 32 heavy (non-hydrogen) atoms. The zero-order valence-corrected chi connectivity index (χ0v) is 19.4. The third-order valence-electron chi connectivity index (χ3n) is 4.95. The Hall–Kier alpha value is -3.23. The third kappa shape index (κ3) is 4.66. The van der Waals surface area contributed by atoms with E-state index in [2.05, 4.69) is 15.9 Å². The topological polar surface area (TPSA) is 75.8 Å². The first-order chi connectivity index (χ1) is 15.4. The number of nitro benzene ring substituents is 1. The van der Waals surface area contributed by atoms with Crippen LogP contribution in [0, 0.1) is 10.1 Å². The number of hydrogen-bond acceptors (Lipinski definition) is 5. The van der Waals surface area contributed by atoms with Crippen LogP contribution in [0.15, 0.2) is 93.2 Å². The summed E-state index contributed by atoms with van der Waals surface area (Å²) in [4.78, 5) is 31.1. The zero-order valence-electron chi connectivity index (χ0n) is 17.0. The molecule has 160 valence electrons. The minimum Gasteiger partial charge on any atom is -0.279 e. The second-order valence-electron chi connectivity index (χ2n) is 7.07. The maximum absolute atomic E-state index is 13.4. The van der Waals surface area contributed by atoms with Crippen LogP contribution in [0.4, 0.5) is 11.4 Å². The van der Waals surface area contributed by atoms with E-state index in [9.17, 15) is 14.9 Å². The highest BCUT2D eigenvalue weighted by molar-refractivity contribution is 9.10. The van der Waals surface area contributed by atoms with E-state index in [1.165, 1.54) is 17.8 Å². The van der Waals surface area contributed by atoms with Gasteiger partial charge in [0.15, 0.2) is 5.17 Å². The van der Waals surface area contributed by atoms with Crippen molar-refractivity contribution in [2.45, 2.75) is 13.0 Å². The summed E-state index contributed by atoms with van der Waals surface area (Å²) >= 11 is 4.46. The Balaban J connectivity index is 1.75. The third-order valence-corrected chi connectivity index (χ3v) is 6.61. The van der Waals surface area contributed by atoms with E-state index in [-0.39, 0.29) is 17.6 Å². The fourth-order valence-corrected chi connectivity index (χ4v) is 4.77. The predicted molar refractivity (Wildman–Crippen MR) is 132 cm³/mol. The van der Waals surface area contributed by atoms with Crippen LogP contribution < -0.4 is 0 Å². The zero-order chi connectivity index (χ0) is 22.7. The maximum Gasteiger partial charge on any atom is 0.284 e. The van der Waals surface area contributed by atoms with Crippen LogP contribution in [0.25, 0.3) is 6.08 Å². The van der Waals surface area contributed by atoms with Gasteiger partial charge in [-0.1, -0.05) is 54.6 Å². The number of carbonyl (C=O) groups is 1. The smallest absolute Gasteiger partial charge is 0.279 e. The molecule has 1 amide bonds. The molecule has 1 fully saturated rings. The van der Waals surface area contributed by atoms with Crippen molar-refractivity contribution in [1.82, 2.24) is 4.90 Å². The summed E-state index contributed by atoms with van der Waals surface area (Å²) in [6, 6.07) is 23.8. The molecule has 1 aliphatic heterocycles. The van der Waals surface area contributed by atoms with E-state index in [0.29, 0.717) is 20.1 Å². The highest BCUT2D eigenvalue weighted by atomic mass is 79.9. The van der Waals surface area contributed by atoms with Gasteiger partial charge in [-0.3, -0.25) is 19.8 Å². The number of carbonyl (C=O) groups excluding carboxylic acids is 1. The number of nitrogens with zero attached hydrogens (tertiary/aromatic N) is 3. The standard InChI is InChI=1S/C24H18BrN3O3S/c1-16(18-8-4-2-5-9-18)27-23(29)22(32-24(27)26-19-10-6-3-7-11-19)15-17-12-13-20(25)21(14-17)28(30)31/h2-16H,1H3/b22-15+,26-24?/t16-/m0/s1. The van der Waals surface area contributed by atoms with Crippen molar-refractivity contribution < 1.29 is 9.72 Å². The number of rotatable bonds is 5. The van der Waals surface area contributed by atoms with Crippen molar-refractivity contribution in [2.24, 2.45) is 4.99 Å².